The molecule has 0 bridgehead atoms. The van der Waals surface area contributed by atoms with Crippen LogP contribution in [0.4, 0.5) is 23.1 Å². The number of para-hydroxylation sites is 2. The number of anilines is 4. The van der Waals surface area contributed by atoms with Crippen LogP contribution in [0.1, 0.15) is 23.0 Å². The molecule has 0 aliphatic carbocycles. The standard InChI is InChI=1S/C21H22N4O3/c1-4-28-18-11-6-5-10-17(18)24-21-22-14(2)12-19(25-21)23-16-9-7-8-15(13-16)20(26)27-3/h5-13H,4H2,1-3H3,(H2,22,23,24,25). The molecule has 0 amide bonds. The first-order valence-corrected chi connectivity index (χ1v) is 8.89. The van der Waals surface area contributed by atoms with Gasteiger partial charge in [-0.1, -0.05) is 18.2 Å². The van der Waals surface area contributed by atoms with Crippen molar-refractivity contribution in [2.24, 2.45) is 0 Å². The van der Waals surface area contributed by atoms with Crippen molar-refractivity contribution in [2.45, 2.75) is 13.8 Å². The molecule has 0 aliphatic rings. The summed E-state index contributed by atoms with van der Waals surface area (Å²) in [7, 11) is 1.36. The van der Waals surface area contributed by atoms with E-state index in [1.807, 2.05) is 50.2 Å². The Morgan fingerprint density at radius 1 is 1.04 bits per heavy atom. The lowest BCUT2D eigenvalue weighted by atomic mass is 10.2. The topological polar surface area (TPSA) is 85.4 Å². The molecule has 0 atom stereocenters. The largest absolute Gasteiger partial charge is 0.492 e. The summed E-state index contributed by atoms with van der Waals surface area (Å²) in [6, 6.07) is 16.5. The van der Waals surface area contributed by atoms with E-state index in [4.69, 9.17) is 9.47 Å². The zero-order chi connectivity index (χ0) is 19.9. The second-order valence-electron chi connectivity index (χ2n) is 5.97. The van der Waals surface area contributed by atoms with Gasteiger partial charge in [0, 0.05) is 17.4 Å². The maximum atomic E-state index is 11.7. The summed E-state index contributed by atoms with van der Waals surface area (Å²) >= 11 is 0. The number of carbonyl (C=O) groups is 1. The first kappa shape index (κ1) is 19.2. The van der Waals surface area contributed by atoms with Gasteiger partial charge in [-0.15, -0.1) is 0 Å². The fourth-order valence-corrected chi connectivity index (χ4v) is 2.65. The first-order valence-electron chi connectivity index (χ1n) is 8.89. The van der Waals surface area contributed by atoms with E-state index >= 15 is 0 Å². The predicted octanol–water partition coefficient (Wildman–Crippen LogP) is 4.46. The van der Waals surface area contributed by atoms with Gasteiger partial charge in [-0.05, 0) is 44.2 Å². The lowest BCUT2D eigenvalue weighted by Gasteiger charge is -2.13. The van der Waals surface area contributed by atoms with E-state index in [-0.39, 0.29) is 0 Å². The molecule has 2 N–H and O–H groups in total. The van der Waals surface area contributed by atoms with Crippen LogP contribution in [-0.2, 0) is 4.74 Å². The number of aryl methyl sites for hydroxylation is 1. The number of nitrogens with one attached hydrogen (secondary N) is 2. The van der Waals surface area contributed by atoms with Gasteiger partial charge >= 0.3 is 5.97 Å². The van der Waals surface area contributed by atoms with E-state index in [1.54, 1.807) is 18.2 Å². The third-order valence-electron chi connectivity index (χ3n) is 3.84. The van der Waals surface area contributed by atoms with Gasteiger partial charge in [0.05, 0.1) is 25.0 Å². The molecule has 0 radical (unpaired) electrons. The minimum absolute atomic E-state index is 0.391. The molecule has 0 unspecified atom stereocenters. The van der Waals surface area contributed by atoms with Crippen LogP contribution in [0, 0.1) is 6.92 Å². The molecule has 0 fully saturated rings. The van der Waals surface area contributed by atoms with E-state index in [1.165, 1.54) is 7.11 Å². The molecule has 1 heterocycles. The summed E-state index contributed by atoms with van der Waals surface area (Å²) in [5.41, 5.74) is 2.76. The highest BCUT2D eigenvalue weighted by Gasteiger charge is 2.09. The molecule has 1 aromatic heterocycles. The van der Waals surface area contributed by atoms with Crippen molar-refractivity contribution in [1.82, 2.24) is 9.97 Å². The van der Waals surface area contributed by atoms with Gasteiger partial charge in [-0.2, -0.15) is 4.98 Å². The van der Waals surface area contributed by atoms with Gasteiger partial charge in [0.2, 0.25) is 5.95 Å². The Hall–Kier alpha value is -3.61. The van der Waals surface area contributed by atoms with E-state index in [2.05, 4.69) is 20.6 Å². The summed E-state index contributed by atoms with van der Waals surface area (Å²) in [6.45, 7) is 4.39. The Morgan fingerprint density at radius 3 is 2.64 bits per heavy atom. The molecule has 0 saturated heterocycles. The molecular formula is C21H22N4O3. The second-order valence-corrected chi connectivity index (χ2v) is 5.97. The van der Waals surface area contributed by atoms with Gasteiger partial charge in [0.15, 0.2) is 0 Å². The fraction of sp³-hybridized carbons (Fsp3) is 0.190. The van der Waals surface area contributed by atoms with Crippen molar-refractivity contribution in [3.05, 3.63) is 65.9 Å². The maximum Gasteiger partial charge on any atom is 0.337 e. The first-order chi connectivity index (χ1) is 13.6. The van der Waals surface area contributed by atoms with Gasteiger partial charge < -0.3 is 20.1 Å². The second kappa shape index (κ2) is 8.85. The molecule has 28 heavy (non-hydrogen) atoms. The van der Waals surface area contributed by atoms with Gasteiger partial charge in [0.25, 0.3) is 0 Å². The number of esters is 1. The number of benzene rings is 2. The maximum absolute atomic E-state index is 11.7. The van der Waals surface area contributed by atoms with Crippen LogP contribution in [0.2, 0.25) is 0 Å². The third kappa shape index (κ3) is 4.76. The Balaban J connectivity index is 1.84. The number of hydrogen-bond donors (Lipinski definition) is 2. The normalized spacial score (nSPS) is 10.2. The molecule has 2 aromatic carbocycles. The van der Waals surface area contributed by atoms with E-state index in [0.29, 0.717) is 23.9 Å². The van der Waals surface area contributed by atoms with Crippen molar-refractivity contribution in [3.8, 4) is 5.75 Å². The summed E-state index contributed by atoms with van der Waals surface area (Å²) in [4.78, 5) is 20.7. The van der Waals surface area contributed by atoms with E-state index in [0.717, 1.165) is 22.8 Å². The van der Waals surface area contributed by atoms with Crippen LogP contribution in [0.25, 0.3) is 0 Å². The zero-order valence-electron chi connectivity index (χ0n) is 16.0. The van der Waals surface area contributed by atoms with Crippen molar-refractivity contribution < 1.29 is 14.3 Å². The monoisotopic (exact) mass is 378 g/mol. The molecule has 0 saturated carbocycles. The number of aromatic nitrogens is 2. The van der Waals surface area contributed by atoms with Crippen molar-refractivity contribution in [3.63, 3.8) is 0 Å². The Morgan fingerprint density at radius 2 is 1.86 bits per heavy atom. The lowest BCUT2D eigenvalue weighted by molar-refractivity contribution is 0.0601. The molecule has 7 nitrogen and oxygen atoms in total. The Labute approximate surface area is 163 Å². The van der Waals surface area contributed by atoms with Gasteiger partial charge in [-0.25, -0.2) is 9.78 Å². The average Bonchev–Trinajstić information content (AvgIpc) is 2.69. The van der Waals surface area contributed by atoms with Crippen LogP contribution in [-0.4, -0.2) is 29.7 Å². The highest BCUT2D eigenvalue weighted by molar-refractivity contribution is 5.90. The number of carbonyl (C=O) groups excluding carboxylic acids is 1. The van der Waals surface area contributed by atoms with E-state index < -0.39 is 5.97 Å². The highest BCUT2D eigenvalue weighted by Crippen LogP contribution is 2.27. The summed E-state index contributed by atoms with van der Waals surface area (Å²) in [5.74, 6) is 1.39. The van der Waals surface area contributed by atoms with Crippen LogP contribution in [0.5, 0.6) is 5.75 Å². The van der Waals surface area contributed by atoms with Crippen LogP contribution in [0.3, 0.4) is 0 Å². The minimum atomic E-state index is -0.391. The van der Waals surface area contributed by atoms with Gasteiger partial charge in [-0.3, -0.25) is 0 Å². The molecule has 3 rings (SSSR count). The number of methoxy groups -OCH3 is 1. The highest BCUT2D eigenvalue weighted by atomic mass is 16.5. The Bertz CT molecular complexity index is 975. The molecule has 3 aromatic rings. The van der Waals surface area contributed by atoms with Crippen molar-refractivity contribution >= 4 is 29.1 Å². The van der Waals surface area contributed by atoms with Crippen LogP contribution >= 0.6 is 0 Å². The lowest BCUT2D eigenvalue weighted by Crippen LogP contribution is -2.05. The minimum Gasteiger partial charge on any atom is -0.492 e. The molecule has 144 valence electrons. The molecular weight excluding hydrogens is 356 g/mol. The predicted molar refractivity (Wildman–Crippen MR) is 109 cm³/mol. The van der Waals surface area contributed by atoms with Crippen LogP contribution < -0.4 is 15.4 Å². The van der Waals surface area contributed by atoms with Crippen molar-refractivity contribution in [2.75, 3.05) is 24.4 Å². The van der Waals surface area contributed by atoms with Crippen molar-refractivity contribution in [1.29, 1.82) is 0 Å². The fourth-order valence-electron chi connectivity index (χ4n) is 2.65. The zero-order valence-corrected chi connectivity index (χ0v) is 16.0. The summed E-state index contributed by atoms with van der Waals surface area (Å²) in [5, 5.41) is 6.40. The quantitative estimate of drug-likeness (QED) is 0.587. The molecule has 7 heteroatoms. The SMILES string of the molecule is CCOc1ccccc1Nc1nc(C)cc(Nc2cccc(C(=O)OC)c2)n1. The summed E-state index contributed by atoms with van der Waals surface area (Å²) < 4.78 is 10.4. The summed E-state index contributed by atoms with van der Waals surface area (Å²) in [6.07, 6.45) is 0. The van der Waals surface area contributed by atoms with Gasteiger partial charge in [0.1, 0.15) is 11.6 Å². The number of nitrogens with zero attached hydrogens (tertiary/aromatic N) is 2. The molecule has 0 aliphatic heterocycles. The average molecular weight is 378 g/mol. The van der Waals surface area contributed by atoms with Crippen LogP contribution in [0.15, 0.2) is 54.6 Å². The number of ether oxygens (including phenoxy) is 2. The van der Waals surface area contributed by atoms with E-state index in [9.17, 15) is 4.79 Å². The number of hydrogen-bond acceptors (Lipinski definition) is 7. The smallest absolute Gasteiger partial charge is 0.337 e. The number of rotatable bonds is 7. The Kier molecular flexibility index (Phi) is 6.06. The molecule has 0 spiro atoms. The third-order valence-corrected chi connectivity index (χ3v) is 3.84.